The Morgan fingerprint density at radius 2 is 2.00 bits per heavy atom. The van der Waals surface area contributed by atoms with Crippen molar-refractivity contribution in [1.29, 1.82) is 0 Å². The van der Waals surface area contributed by atoms with Gasteiger partial charge in [0.25, 0.3) is 5.91 Å². The number of amides is 1. The summed E-state index contributed by atoms with van der Waals surface area (Å²) in [5.74, 6) is -0.744. The molecule has 0 bridgehead atoms. The minimum absolute atomic E-state index is 0.106. The van der Waals surface area contributed by atoms with Gasteiger partial charge in [-0.25, -0.2) is 4.79 Å². The molecule has 0 spiro atoms. The largest absolute Gasteiger partial charge is 0.451 e. The van der Waals surface area contributed by atoms with E-state index in [2.05, 4.69) is 23.5 Å². The second-order valence-electron chi connectivity index (χ2n) is 6.08. The van der Waals surface area contributed by atoms with Crippen LogP contribution in [0.15, 0.2) is 35.7 Å². The standard InChI is InChI=1S/C19H21NO3S/c1-13(15-9-8-14-5-2-3-6-16(14)11-15)20-18(21)12-23-19(22)17-7-4-10-24-17/h4,7-11,13H,2-3,5-6,12H2,1H3,(H,20,21)/t13-/m1/s1. The fourth-order valence-corrected chi connectivity index (χ4v) is 3.60. The third kappa shape index (κ3) is 4.03. The molecule has 0 unspecified atom stereocenters. The van der Waals surface area contributed by atoms with Crippen LogP contribution in [0.4, 0.5) is 0 Å². The zero-order valence-electron chi connectivity index (χ0n) is 13.7. The first kappa shape index (κ1) is 16.7. The molecule has 1 aliphatic rings. The van der Waals surface area contributed by atoms with Crippen LogP contribution in [0.2, 0.25) is 0 Å². The molecule has 0 fully saturated rings. The van der Waals surface area contributed by atoms with Crippen LogP contribution in [0.3, 0.4) is 0 Å². The highest BCUT2D eigenvalue weighted by Gasteiger charge is 2.15. The second-order valence-corrected chi connectivity index (χ2v) is 7.03. The van der Waals surface area contributed by atoms with Gasteiger partial charge in [-0.05, 0) is 60.7 Å². The van der Waals surface area contributed by atoms with Crippen LogP contribution in [0.1, 0.15) is 52.2 Å². The average molecular weight is 343 g/mol. The van der Waals surface area contributed by atoms with Crippen LogP contribution >= 0.6 is 11.3 Å². The molecule has 5 heteroatoms. The van der Waals surface area contributed by atoms with E-state index in [1.807, 2.05) is 6.92 Å². The topological polar surface area (TPSA) is 55.4 Å². The highest BCUT2D eigenvalue weighted by atomic mass is 32.1. The Morgan fingerprint density at radius 1 is 1.21 bits per heavy atom. The molecule has 1 aromatic heterocycles. The zero-order chi connectivity index (χ0) is 16.9. The van der Waals surface area contributed by atoms with Crippen molar-refractivity contribution in [1.82, 2.24) is 5.32 Å². The van der Waals surface area contributed by atoms with Crippen molar-refractivity contribution in [3.8, 4) is 0 Å². The van der Waals surface area contributed by atoms with Gasteiger partial charge in [0.1, 0.15) is 4.88 Å². The molecule has 0 radical (unpaired) electrons. The molecule has 4 nitrogen and oxygen atoms in total. The van der Waals surface area contributed by atoms with Gasteiger partial charge in [0, 0.05) is 0 Å². The van der Waals surface area contributed by atoms with Gasteiger partial charge in [-0.15, -0.1) is 11.3 Å². The Morgan fingerprint density at radius 3 is 2.75 bits per heavy atom. The summed E-state index contributed by atoms with van der Waals surface area (Å²) in [6.07, 6.45) is 4.75. The highest BCUT2D eigenvalue weighted by Crippen LogP contribution is 2.24. The van der Waals surface area contributed by atoms with Gasteiger partial charge in [-0.1, -0.05) is 24.3 Å². The van der Waals surface area contributed by atoms with Gasteiger partial charge in [0.15, 0.2) is 6.61 Å². The molecule has 2 aromatic rings. The second kappa shape index (κ2) is 7.62. The third-order valence-corrected chi connectivity index (χ3v) is 5.16. The summed E-state index contributed by atoms with van der Waals surface area (Å²) >= 11 is 1.30. The number of carbonyl (C=O) groups excluding carboxylic acids is 2. The monoisotopic (exact) mass is 343 g/mol. The molecule has 0 saturated carbocycles. The Bertz CT molecular complexity index is 724. The van der Waals surface area contributed by atoms with Crippen LogP contribution in [-0.4, -0.2) is 18.5 Å². The van der Waals surface area contributed by atoms with Crippen LogP contribution in [-0.2, 0) is 22.4 Å². The molecule has 1 atom stereocenters. The molecule has 1 N–H and O–H groups in total. The lowest BCUT2D eigenvalue weighted by atomic mass is 9.89. The fourth-order valence-electron chi connectivity index (χ4n) is 2.99. The number of hydrogen-bond donors (Lipinski definition) is 1. The molecule has 1 aliphatic carbocycles. The van der Waals surface area contributed by atoms with E-state index in [1.165, 1.54) is 35.3 Å². The van der Waals surface area contributed by atoms with Crippen LogP contribution in [0, 0.1) is 0 Å². The Labute approximate surface area is 145 Å². The molecule has 126 valence electrons. The Hall–Kier alpha value is -2.14. The predicted molar refractivity (Wildman–Crippen MR) is 94.2 cm³/mol. The summed E-state index contributed by atoms with van der Waals surface area (Å²) in [7, 11) is 0. The van der Waals surface area contributed by atoms with Crippen molar-refractivity contribution < 1.29 is 14.3 Å². The normalized spacial score (nSPS) is 14.5. The number of esters is 1. The number of carbonyl (C=O) groups is 2. The smallest absolute Gasteiger partial charge is 0.348 e. The van der Waals surface area contributed by atoms with Crippen LogP contribution < -0.4 is 5.32 Å². The number of benzene rings is 1. The minimum atomic E-state index is -0.457. The SMILES string of the molecule is C[C@@H](NC(=O)COC(=O)c1cccs1)c1ccc2c(c1)CCCC2. The number of aryl methyl sites for hydroxylation is 2. The van der Waals surface area contributed by atoms with Gasteiger partial charge < -0.3 is 10.1 Å². The van der Waals surface area contributed by atoms with E-state index in [9.17, 15) is 9.59 Å². The van der Waals surface area contributed by atoms with E-state index in [4.69, 9.17) is 4.74 Å². The maximum Gasteiger partial charge on any atom is 0.348 e. The summed E-state index contributed by atoms with van der Waals surface area (Å²) in [5, 5.41) is 4.69. The quantitative estimate of drug-likeness (QED) is 0.843. The summed E-state index contributed by atoms with van der Waals surface area (Å²) in [6.45, 7) is 1.69. The molecule has 1 heterocycles. The van der Waals surface area contributed by atoms with E-state index < -0.39 is 5.97 Å². The number of nitrogens with one attached hydrogen (secondary N) is 1. The summed E-state index contributed by atoms with van der Waals surface area (Å²) < 4.78 is 5.03. The number of ether oxygens (including phenoxy) is 1. The van der Waals surface area contributed by atoms with E-state index in [-0.39, 0.29) is 18.6 Å². The van der Waals surface area contributed by atoms with Crippen LogP contribution in [0.5, 0.6) is 0 Å². The Balaban J connectivity index is 1.53. The first-order valence-corrected chi connectivity index (χ1v) is 9.13. The van der Waals surface area contributed by atoms with Crippen LogP contribution in [0.25, 0.3) is 0 Å². The molecule has 1 amide bonds. The third-order valence-electron chi connectivity index (χ3n) is 4.31. The van der Waals surface area contributed by atoms with Gasteiger partial charge in [-0.3, -0.25) is 4.79 Å². The van der Waals surface area contributed by atoms with Crippen molar-refractivity contribution in [2.45, 2.75) is 38.6 Å². The van der Waals surface area contributed by atoms with E-state index in [1.54, 1.807) is 17.5 Å². The van der Waals surface area contributed by atoms with Gasteiger partial charge in [-0.2, -0.15) is 0 Å². The minimum Gasteiger partial charge on any atom is -0.451 e. The predicted octanol–water partition coefficient (Wildman–Crippen LogP) is 3.66. The van der Waals surface area contributed by atoms with Crippen molar-refractivity contribution in [3.63, 3.8) is 0 Å². The van der Waals surface area contributed by atoms with E-state index >= 15 is 0 Å². The van der Waals surface area contributed by atoms with Crippen molar-refractivity contribution in [3.05, 3.63) is 57.3 Å². The molecule has 0 saturated heterocycles. The maximum absolute atomic E-state index is 12.0. The first-order chi connectivity index (χ1) is 11.6. The molecular formula is C19H21NO3S. The number of thiophene rings is 1. The molecule has 0 aliphatic heterocycles. The van der Waals surface area contributed by atoms with Crippen molar-refractivity contribution in [2.24, 2.45) is 0 Å². The first-order valence-electron chi connectivity index (χ1n) is 8.25. The van der Waals surface area contributed by atoms with Gasteiger partial charge in [0.2, 0.25) is 0 Å². The molecular weight excluding hydrogens is 322 g/mol. The molecule has 24 heavy (non-hydrogen) atoms. The van der Waals surface area contributed by atoms with Gasteiger partial charge in [0.05, 0.1) is 6.04 Å². The maximum atomic E-state index is 12.0. The fraction of sp³-hybridized carbons (Fsp3) is 0.368. The van der Waals surface area contributed by atoms with Crippen molar-refractivity contribution >= 4 is 23.2 Å². The summed E-state index contributed by atoms with van der Waals surface area (Å²) in [4.78, 5) is 24.2. The van der Waals surface area contributed by atoms with E-state index in [0.717, 1.165) is 18.4 Å². The summed E-state index contributed by atoms with van der Waals surface area (Å²) in [6, 6.07) is 9.79. The zero-order valence-corrected chi connectivity index (χ0v) is 14.5. The average Bonchev–Trinajstić information content (AvgIpc) is 3.14. The lowest BCUT2D eigenvalue weighted by Gasteiger charge is -2.20. The lowest BCUT2D eigenvalue weighted by Crippen LogP contribution is -2.31. The van der Waals surface area contributed by atoms with E-state index in [0.29, 0.717) is 4.88 Å². The molecule has 3 rings (SSSR count). The van der Waals surface area contributed by atoms with Gasteiger partial charge >= 0.3 is 5.97 Å². The Kier molecular flexibility index (Phi) is 5.30. The summed E-state index contributed by atoms with van der Waals surface area (Å²) in [5.41, 5.74) is 3.91. The number of rotatable bonds is 5. The molecule has 1 aromatic carbocycles. The van der Waals surface area contributed by atoms with Crippen molar-refractivity contribution in [2.75, 3.05) is 6.61 Å². The number of fused-ring (bicyclic) bond motifs is 1. The highest BCUT2D eigenvalue weighted by molar-refractivity contribution is 7.11. The number of hydrogen-bond acceptors (Lipinski definition) is 4. The lowest BCUT2D eigenvalue weighted by molar-refractivity contribution is -0.124.